The summed E-state index contributed by atoms with van der Waals surface area (Å²) in [5.41, 5.74) is 0. The largest absolute Gasteiger partial charge is 0.330 e. The van der Waals surface area contributed by atoms with Gasteiger partial charge in [0.15, 0.2) is 0 Å². The van der Waals surface area contributed by atoms with Crippen LogP contribution in [0.4, 0.5) is 0 Å². The summed E-state index contributed by atoms with van der Waals surface area (Å²) in [6, 6.07) is 0. The predicted molar refractivity (Wildman–Crippen MR) is 63.1 cm³/mol. The van der Waals surface area contributed by atoms with E-state index in [1.54, 1.807) is 0 Å². The van der Waals surface area contributed by atoms with E-state index in [-0.39, 0.29) is 12.2 Å². The molecule has 5 nitrogen and oxygen atoms in total. The predicted octanol–water partition coefficient (Wildman–Crippen LogP) is 0.743. The molecule has 3 N–H and O–H groups in total. The van der Waals surface area contributed by atoms with Gasteiger partial charge in [0.05, 0.1) is 12.2 Å². The molecule has 0 aromatic rings. The van der Waals surface area contributed by atoms with Crippen LogP contribution in [-0.2, 0) is 9.05 Å². The molecule has 0 unspecified atom stereocenters. The van der Waals surface area contributed by atoms with Crippen molar-refractivity contribution in [1.82, 2.24) is 10.6 Å². The molecular weight excluding hydrogens is 227 g/mol. The molecule has 0 aromatic heterocycles. The van der Waals surface area contributed by atoms with Crippen molar-refractivity contribution < 1.29 is 13.9 Å². The van der Waals surface area contributed by atoms with Crippen molar-refractivity contribution in [2.45, 2.75) is 37.9 Å². The number of hydrogen-bond acceptors (Lipinski definition) is 5. The Morgan fingerprint density at radius 3 is 1.56 bits per heavy atom. The van der Waals surface area contributed by atoms with Crippen molar-refractivity contribution in [3.8, 4) is 0 Å². The maximum absolute atomic E-state index is 9.73. The first-order valence-corrected chi connectivity index (χ1v) is 7.21. The van der Waals surface area contributed by atoms with Gasteiger partial charge < -0.3 is 24.6 Å². The van der Waals surface area contributed by atoms with Crippen LogP contribution in [0.25, 0.3) is 0 Å². The molecule has 0 bridgehead atoms. The average molecular weight is 248 g/mol. The topological polar surface area (TPSA) is 62.8 Å². The van der Waals surface area contributed by atoms with Crippen LogP contribution < -0.4 is 10.6 Å². The average Bonchev–Trinajstić information content (AvgIpc) is 2.31. The lowest BCUT2D eigenvalue weighted by Crippen LogP contribution is -2.33. The lowest BCUT2D eigenvalue weighted by Gasteiger charge is -2.28. The smallest absolute Gasteiger partial charge is 0.328 e. The SMILES string of the molecule is OP(OC1CCNCC1)OC1CCNCC1. The van der Waals surface area contributed by atoms with E-state index in [0.717, 1.165) is 51.9 Å². The Bertz CT molecular complexity index is 177. The van der Waals surface area contributed by atoms with Gasteiger partial charge in [-0.25, -0.2) is 0 Å². The van der Waals surface area contributed by atoms with Crippen LogP contribution in [0.1, 0.15) is 25.7 Å². The first-order chi connectivity index (χ1) is 7.84. The van der Waals surface area contributed by atoms with Crippen molar-refractivity contribution in [2.24, 2.45) is 0 Å². The number of hydrogen-bond donors (Lipinski definition) is 3. The van der Waals surface area contributed by atoms with Crippen molar-refractivity contribution in [3.05, 3.63) is 0 Å². The first-order valence-electron chi connectivity index (χ1n) is 6.08. The quantitative estimate of drug-likeness (QED) is 0.641. The summed E-state index contributed by atoms with van der Waals surface area (Å²) in [5, 5.41) is 6.53. The van der Waals surface area contributed by atoms with E-state index in [1.807, 2.05) is 0 Å². The Morgan fingerprint density at radius 2 is 1.19 bits per heavy atom. The zero-order chi connectivity index (χ0) is 11.2. The summed E-state index contributed by atoms with van der Waals surface area (Å²) < 4.78 is 11.1. The molecule has 2 rings (SSSR count). The molecule has 0 radical (unpaired) electrons. The molecule has 2 heterocycles. The second-order valence-electron chi connectivity index (χ2n) is 4.35. The van der Waals surface area contributed by atoms with Gasteiger partial charge in [0.2, 0.25) is 0 Å². The molecule has 6 heteroatoms. The van der Waals surface area contributed by atoms with E-state index < -0.39 is 8.60 Å². The molecule has 2 aliphatic rings. The van der Waals surface area contributed by atoms with E-state index in [2.05, 4.69) is 10.6 Å². The Hall–Kier alpha value is 0.230. The maximum Gasteiger partial charge on any atom is 0.330 e. The standard InChI is InChI=1S/C10H21N2O3P/c13-16(14-9-1-5-11-6-2-9)15-10-3-7-12-8-4-10/h9-13H,1-8H2. The zero-order valence-corrected chi connectivity index (χ0v) is 10.4. The summed E-state index contributed by atoms with van der Waals surface area (Å²) in [5.74, 6) is 0. The number of piperidine rings is 2. The van der Waals surface area contributed by atoms with Crippen LogP contribution in [0.2, 0.25) is 0 Å². The van der Waals surface area contributed by atoms with Crippen LogP contribution in [0.3, 0.4) is 0 Å². The molecule has 2 saturated heterocycles. The second-order valence-corrected chi connectivity index (χ2v) is 5.24. The Kier molecular flexibility index (Phi) is 5.42. The molecule has 0 aromatic carbocycles. The minimum absolute atomic E-state index is 0.166. The van der Waals surface area contributed by atoms with Crippen LogP contribution in [0.5, 0.6) is 0 Å². The summed E-state index contributed by atoms with van der Waals surface area (Å²) in [4.78, 5) is 9.73. The van der Waals surface area contributed by atoms with Crippen LogP contribution in [-0.4, -0.2) is 43.3 Å². The lowest BCUT2D eigenvalue weighted by atomic mass is 10.1. The minimum atomic E-state index is -1.68. The molecule has 0 aliphatic carbocycles. The molecule has 0 spiro atoms. The van der Waals surface area contributed by atoms with Crippen molar-refractivity contribution in [1.29, 1.82) is 0 Å². The van der Waals surface area contributed by atoms with Gasteiger partial charge in [-0.05, 0) is 51.9 Å². The molecule has 0 saturated carbocycles. The summed E-state index contributed by atoms with van der Waals surface area (Å²) in [6.07, 6.45) is 4.20. The molecule has 2 fully saturated rings. The summed E-state index contributed by atoms with van der Waals surface area (Å²) in [7, 11) is -1.68. The van der Waals surface area contributed by atoms with Gasteiger partial charge in [-0.15, -0.1) is 0 Å². The summed E-state index contributed by atoms with van der Waals surface area (Å²) >= 11 is 0. The van der Waals surface area contributed by atoms with Gasteiger partial charge in [0.25, 0.3) is 0 Å². The Labute approximate surface area is 97.9 Å². The molecule has 0 amide bonds. The fraction of sp³-hybridized carbons (Fsp3) is 1.00. The van der Waals surface area contributed by atoms with Crippen LogP contribution in [0.15, 0.2) is 0 Å². The van der Waals surface area contributed by atoms with Gasteiger partial charge in [-0.1, -0.05) is 0 Å². The highest BCUT2D eigenvalue weighted by Crippen LogP contribution is 2.39. The Balaban J connectivity index is 1.64. The van der Waals surface area contributed by atoms with Gasteiger partial charge in [-0.2, -0.15) is 0 Å². The van der Waals surface area contributed by atoms with E-state index in [0.29, 0.717) is 0 Å². The highest BCUT2D eigenvalue weighted by atomic mass is 31.2. The van der Waals surface area contributed by atoms with Crippen molar-refractivity contribution >= 4 is 8.60 Å². The van der Waals surface area contributed by atoms with Gasteiger partial charge in [0, 0.05) is 0 Å². The van der Waals surface area contributed by atoms with E-state index in [4.69, 9.17) is 9.05 Å². The highest BCUT2D eigenvalue weighted by Gasteiger charge is 2.23. The first kappa shape index (κ1) is 12.7. The molecular formula is C10H21N2O3P. The third-order valence-electron chi connectivity index (χ3n) is 3.05. The van der Waals surface area contributed by atoms with Gasteiger partial charge >= 0.3 is 8.60 Å². The van der Waals surface area contributed by atoms with Gasteiger partial charge in [0.1, 0.15) is 0 Å². The normalized spacial score (nSPS) is 25.1. The van der Waals surface area contributed by atoms with E-state index in [1.165, 1.54) is 0 Å². The highest BCUT2D eigenvalue weighted by molar-refractivity contribution is 7.40. The molecule has 2 aliphatic heterocycles. The molecule has 0 atom stereocenters. The lowest BCUT2D eigenvalue weighted by molar-refractivity contribution is 0.0826. The fourth-order valence-corrected chi connectivity index (χ4v) is 3.06. The zero-order valence-electron chi connectivity index (χ0n) is 9.52. The monoisotopic (exact) mass is 248 g/mol. The van der Waals surface area contributed by atoms with Crippen molar-refractivity contribution in [2.75, 3.05) is 26.2 Å². The van der Waals surface area contributed by atoms with Crippen LogP contribution in [0, 0.1) is 0 Å². The third kappa shape index (κ3) is 4.24. The second kappa shape index (κ2) is 6.84. The molecule has 94 valence electrons. The van der Waals surface area contributed by atoms with E-state index >= 15 is 0 Å². The van der Waals surface area contributed by atoms with Crippen LogP contribution >= 0.6 is 8.60 Å². The fourth-order valence-electron chi connectivity index (χ4n) is 2.08. The number of nitrogens with one attached hydrogen (secondary N) is 2. The summed E-state index contributed by atoms with van der Waals surface area (Å²) in [6.45, 7) is 3.89. The van der Waals surface area contributed by atoms with E-state index in [9.17, 15) is 4.89 Å². The Morgan fingerprint density at radius 1 is 0.812 bits per heavy atom. The van der Waals surface area contributed by atoms with Crippen molar-refractivity contribution in [3.63, 3.8) is 0 Å². The van der Waals surface area contributed by atoms with Gasteiger partial charge in [-0.3, -0.25) is 0 Å². The number of rotatable bonds is 4. The minimum Gasteiger partial charge on any atom is -0.328 e. The third-order valence-corrected chi connectivity index (χ3v) is 4.01. The maximum atomic E-state index is 9.73. The molecule has 16 heavy (non-hydrogen) atoms.